The summed E-state index contributed by atoms with van der Waals surface area (Å²) in [6, 6.07) is 25.3. The lowest BCUT2D eigenvalue weighted by atomic mass is 9.85. The minimum Gasteiger partial charge on any atom is -0.274 e. The molecule has 0 aromatic heterocycles. The Morgan fingerprint density at radius 1 is 0.697 bits per heavy atom. The first kappa shape index (κ1) is 20.5. The van der Waals surface area contributed by atoms with Crippen molar-refractivity contribution in [3.05, 3.63) is 118 Å². The molecule has 1 saturated carbocycles. The van der Waals surface area contributed by atoms with Crippen molar-refractivity contribution in [1.29, 1.82) is 0 Å². The maximum atomic E-state index is 13.6. The number of hydrogen-bond donors (Lipinski definition) is 0. The highest BCUT2D eigenvalue weighted by atomic mass is 35.5. The van der Waals surface area contributed by atoms with E-state index >= 15 is 0 Å². The highest BCUT2D eigenvalue weighted by Crippen LogP contribution is 2.59. The lowest BCUT2D eigenvalue weighted by molar-refractivity contribution is -0.122. The monoisotopic (exact) mass is 471 g/mol. The van der Waals surface area contributed by atoms with E-state index in [2.05, 4.69) is 36.4 Å². The minimum atomic E-state index is -0.420. The van der Waals surface area contributed by atoms with Crippen molar-refractivity contribution in [1.82, 2.24) is 0 Å². The predicted molar refractivity (Wildman–Crippen MR) is 131 cm³/mol. The fourth-order valence-corrected chi connectivity index (χ4v) is 6.20. The van der Waals surface area contributed by atoms with Gasteiger partial charge < -0.3 is 0 Å². The maximum absolute atomic E-state index is 13.6. The third-order valence-corrected chi connectivity index (χ3v) is 7.52. The molecule has 162 valence electrons. The molecule has 33 heavy (non-hydrogen) atoms. The van der Waals surface area contributed by atoms with Crippen LogP contribution in [-0.4, -0.2) is 11.8 Å². The van der Waals surface area contributed by atoms with Gasteiger partial charge in [-0.3, -0.25) is 9.59 Å². The van der Waals surface area contributed by atoms with E-state index < -0.39 is 11.8 Å². The van der Waals surface area contributed by atoms with Gasteiger partial charge in [-0.1, -0.05) is 96.0 Å². The Kier molecular flexibility index (Phi) is 4.79. The molecule has 0 radical (unpaired) electrons. The Balaban J connectivity index is 1.49. The number of carbonyl (C=O) groups excluding carboxylic acids is 2. The van der Waals surface area contributed by atoms with Crippen LogP contribution in [0.3, 0.4) is 0 Å². The van der Waals surface area contributed by atoms with Crippen LogP contribution in [0.25, 0.3) is 5.57 Å². The highest BCUT2D eigenvalue weighted by molar-refractivity contribution is 6.38. The SMILES string of the molecule is O=C1C2C3C=CC(C3=C(c3ccccc3)c3ccccc3)C2C(=O)N1c1ccc(Cl)cc1Cl. The van der Waals surface area contributed by atoms with Crippen LogP contribution in [0.15, 0.2) is 96.6 Å². The van der Waals surface area contributed by atoms with E-state index in [0.29, 0.717) is 15.7 Å². The third kappa shape index (κ3) is 3.03. The predicted octanol–water partition coefficient (Wildman–Crippen LogP) is 6.42. The first-order valence-electron chi connectivity index (χ1n) is 10.9. The van der Waals surface area contributed by atoms with Crippen molar-refractivity contribution in [2.24, 2.45) is 23.7 Å². The number of amides is 2. The van der Waals surface area contributed by atoms with Crippen LogP contribution in [0.2, 0.25) is 10.0 Å². The first-order chi connectivity index (χ1) is 16.1. The van der Waals surface area contributed by atoms with E-state index in [-0.39, 0.29) is 23.7 Å². The van der Waals surface area contributed by atoms with Gasteiger partial charge >= 0.3 is 0 Å². The number of hydrogen-bond acceptors (Lipinski definition) is 2. The van der Waals surface area contributed by atoms with Crippen LogP contribution in [0.1, 0.15) is 11.1 Å². The summed E-state index contributed by atoms with van der Waals surface area (Å²) in [5.41, 5.74) is 4.86. The maximum Gasteiger partial charge on any atom is 0.238 e. The van der Waals surface area contributed by atoms with Gasteiger partial charge in [0.15, 0.2) is 0 Å². The molecule has 3 aromatic rings. The van der Waals surface area contributed by atoms with Crippen LogP contribution in [0.4, 0.5) is 5.69 Å². The van der Waals surface area contributed by atoms with E-state index in [1.54, 1.807) is 18.2 Å². The number of fused-ring (bicyclic) bond motifs is 5. The van der Waals surface area contributed by atoms with E-state index in [1.165, 1.54) is 4.90 Å². The quantitative estimate of drug-likeness (QED) is 0.326. The molecule has 5 heteroatoms. The summed E-state index contributed by atoms with van der Waals surface area (Å²) in [6.45, 7) is 0. The molecule has 2 amide bonds. The number of imide groups is 1. The van der Waals surface area contributed by atoms with Crippen LogP contribution in [0.5, 0.6) is 0 Å². The molecule has 1 saturated heterocycles. The summed E-state index contributed by atoms with van der Waals surface area (Å²) in [7, 11) is 0. The number of benzene rings is 3. The zero-order valence-corrected chi connectivity index (χ0v) is 19.0. The number of allylic oxidation sites excluding steroid dienone is 3. The Morgan fingerprint density at radius 3 is 1.70 bits per heavy atom. The van der Waals surface area contributed by atoms with E-state index in [0.717, 1.165) is 22.3 Å². The zero-order valence-electron chi connectivity index (χ0n) is 17.5. The van der Waals surface area contributed by atoms with Gasteiger partial charge in [-0.2, -0.15) is 0 Å². The second-order valence-electron chi connectivity index (χ2n) is 8.66. The zero-order chi connectivity index (χ0) is 22.7. The fraction of sp³-hybridized carbons (Fsp3) is 0.143. The van der Waals surface area contributed by atoms with Gasteiger partial charge in [-0.15, -0.1) is 0 Å². The molecule has 2 bridgehead atoms. The molecule has 0 spiro atoms. The first-order valence-corrected chi connectivity index (χ1v) is 11.7. The Morgan fingerprint density at radius 2 is 1.21 bits per heavy atom. The smallest absolute Gasteiger partial charge is 0.238 e. The molecule has 3 aliphatic rings. The second-order valence-corrected chi connectivity index (χ2v) is 9.50. The van der Waals surface area contributed by atoms with Crippen molar-refractivity contribution in [3.63, 3.8) is 0 Å². The lowest BCUT2D eigenvalue weighted by Gasteiger charge is -2.22. The molecular formula is C28H19Cl2NO2. The van der Waals surface area contributed by atoms with Gasteiger partial charge in [0.25, 0.3) is 0 Å². The Labute approximate surface area is 201 Å². The standard InChI is InChI=1S/C28H19Cl2NO2/c29-18-11-14-22(21(30)15-18)31-27(32)25-19-12-13-20(26(25)28(31)33)24(19)23(16-7-3-1-4-8-16)17-9-5-2-6-10-17/h1-15,19-20,25-26H. The molecule has 2 fully saturated rings. The topological polar surface area (TPSA) is 37.4 Å². The van der Waals surface area contributed by atoms with Crippen LogP contribution in [0, 0.1) is 23.7 Å². The summed E-state index contributed by atoms with van der Waals surface area (Å²) in [5.74, 6) is -1.47. The summed E-state index contributed by atoms with van der Waals surface area (Å²) in [4.78, 5) is 28.5. The average Bonchev–Trinajstić information content (AvgIpc) is 3.46. The van der Waals surface area contributed by atoms with Crippen molar-refractivity contribution in [2.45, 2.75) is 0 Å². The van der Waals surface area contributed by atoms with E-state index in [4.69, 9.17) is 23.2 Å². The van der Waals surface area contributed by atoms with Crippen molar-refractivity contribution in [3.8, 4) is 0 Å². The molecule has 2 aliphatic carbocycles. The second kappa shape index (κ2) is 7.72. The van der Waals surface area contributed by atoms with Gasteiger partial charge in [0.1, 0.15) is 0 Å². The number of rotatable bonds is 3. The molecule has 4 atom stereocenters. The fourth-order valence-electron chi connectivity index (χ4n) is 5.71. The van der Waals surface area contributed by atoms with Crippen molar-refractivity contribution >= 4 is 46.3 Å². The van der Waals surface area contributed by atoms with E-state index in [1.807, 2.05) is 36.4 Å². The summed E-state index contributed by atoms with van der Waals surface area (Å²) >= 11 is 12.4. The van der Waals surface area contributed by atoms with Crippen molar-refractivity contribution < 1.29 is 9.59 Å². The molecule has 0 N–H and O–H groups in total. The number of nitrogens with zero attached hydrogens (tertiary/aromatic N) is 1. The molecule has 3 aromatic carbocycles. The van der Waals surface area contributed by atoms with Gasteiger partial charge in [-0.05, 0) is 40.5 Å². The minimum absolute atomic E-state index is 0.122. The number of anilines is 1. The van der Waals surface area contributed by atoms with Gasteiger partial charge in [0.2, 0.25) is 11.8 Å². The van der Waals surface area contributed by atoms with Gasteiger partial charge in [-0.25, -0.2) is 4.90 Å². The largest absolute Gasteiger partial charge is 0.274 e. The van der Waals surface area contributed by atoms with Crippen molar-refractivity contribution in [2.75, 3.05) is 4.90 Å². The Bertz CT molecular complexity index is 1270. The highest BCUT2D eigenvalue weighted by Gasteiger charge is 2.62. The van der Waals surface area contributed by atoms with Gasteiger partial charge in [0.05, 0.1) is 22.5 Å². The lowest BCUT2D eigenvalue weighted by Crippen LogP contribution is -2.33. The molecule has 1 heterocycles. The Hall–Kier alpha value is -3.14. The normalized spacial score (nSPS) is 25.2. The molecule has 1 aliphatic heterocycles. The molecular weight excluding hydrogens is 453 g/mol. The molecule has 3 nitrogen and oxygen atoms in total. The summed E-state index contributed by atoms with van der Waals surface area (Å²) in [5, 5.41) is 0.764. The van der Waals surface area contributed by atoms with Crippen LogP contribution < -0.4 is 4.90 Å². The number of halogens is 2. The third-order valence-electron chi connectivity index (χ3n) is 6.98. The summed E-state index contributed by atoms with van der Waals surface area (Å²) < 4.78 is 0. The molecule has 6 rings (SSSR count). The van der Waals surface area contributed by atoms with Crippen LogP contribution >= 0.6 is 23.2 Å². The summed E-state index contributed by atoms with van der Waals surface area (Å²) in [6.07, 6.45) is 4.20. The van der Waals surface area contributed by atoms with Crippen LogP contribution in [-0.2, 0) is 9.59 Å². The van der Waals surface area contributed by atoms with Gasteiger partial charge in [0, 0.05) is 16.9 Å². The van der Waals surface area contributed by atoms with E-state index in [9.17, 15) is 9.59 Å². The number of carbonyl (C=O) groups is 2. The molecule has 4 unspecified atom stereocenters. The average molecular weight is 472 g/mol.